The van der Waals surface area contributed by atoms with Crippen LogP contribution >= 0.6 is 0 Å². The second kappa shape index (κ2) is 8.34. The molecular formula is C21H22N2O3. The van der Waals surface area contributed by atoms with Gasteiger partial charge in [0.15, 0.2) is 0 Å². The van der Waals surface area contributed by atoms with Crippen LogP contribution in [0.5, 0.6) is 5.75 Å². The van der Waals surface area contributed by atoms with E-state index in [2.05, 4.69) is 10.3 Å². The molecule has 0 bridgehead atoms. The first-order valence-corrected chi connectivity index (χ1v) is 8.70. The van der Waals surface area contributed by atoms with E-state index in [9.17, 15) is 4.79 Å². The average Bonchev–Trinajstić information content (AvgIpc) is 3.06. The summed E-state index contributed by atoms with van der Waals surface area (Å²) in [5.74, 6) is 1.97. The van der Waals surface area contributed by atoms with Crippen molar-refractivity contribution in [1.82, 2.24) is 10.3 Å². The molecule has 0 radical (unpaired) electrons. The zero-order valence-corrected chi connectivity index (χ0v) is 15.0. The van der Waals surface area contributed by atoms with Crippen molar-refractivity contribution in [2.75, 3.05) is 6.54 Å². The number of nitrogens with one attached hydrogen (secondary N) is 1. The Morgan fingerprint density at radius 3 is 2.54 bits per heavy atom. The zero-order valence-electron chi connectivity index (χ0n) is 15.0. The molecule has 0 fully saturated rings. The highest BCUT2D eigenvalue weighted by Crippen LogP contribution is 2.23. The molecule has 3 aromatic rings. The van der Waals surface area contributed by atoms with Gasteiger partial charge in [-0.2, -0.15) is 0 Å². The molecule has 0 saturated carbocycles. The molecule has 5 nitrogen and oxygen atoms in total. The third kappa shape index (κ3) is 4.30. The Morgan fingerprint density at radius 1 is 1.12 bits per heavy atom. The SMILES string of the molecule is CCCNC(=O)c1ccc(-c2nc(COc3ccccc3)c(C)o2)cc1. The summed E-state index contributed by atoms with van der Waals surface area (Å²) < 4.78 is 11.5. The minimum absolute atomic E-state index is 0.0704. The van der Waals surface area contributed by atoms with Gasteiger partial charge in [0.1, 0.15) is 23.8 Å². The van der Waals surface area contributed by atoms with Crippen LogP contribution < -0.4 is 10.1 Å². The van der Waals surface area contributed by atoms with E-state index in [0.717, 1.165) is 29.2 Å². The van der Waals surface area contributed by atoms with Gasteiger partial charge in [-0.15, -0.1) is 0 Å². The van der Waals surface area contributed by atoms with E-state index in [1.807, 2.05) is 56.3 Å². The fourth-order valence-electron chi connectivity index (χ4n) is 2.46. The number of oxazole rings is 1. The maximum absolute atomic E-state index is 12.0. The number of carbonyl (C=O) groups excluding carboxylic acids is 1. The van der Waals surface area contributed by atoms with Crippen molar-refractivity contribution in [3.05, 3.63) is 71.6 Å². The second-order valence-electron chi connectivity index (χ2n) is 5.96. The summed E-state index contributed by atoms with van der Waals surface area (Å²) in [5, 5.41) is 2.86. The third-order valence-electron chi connectivity index (χ3n) is 3.94. The standard InChI is InChI=1S/C21H22N2O3/c1-3-13-22-20(24)16-9-11-17(12-10-16)21-23-19(15(2)26-21)14-25-18-7-5-4-6-8-18/h4-12H,3,13-14H2,1-2H3,(H,22,24). The van der Waals surface area contributed by atoms with E-state index in [-0.39, 0.29) is 5.91 Å². The Labute approximate surface area is 153 Å². The number of amides is 1. The predicted molar refractivity (Wildman–Crippen MR) is 100 cm³/mol. The van der Waals surface area contributed by atoms with Gasteiger partial charge in [-0.05, 0) is 49.7 Å². The van der Waals surface area contributed by atoms with Crippen molar-refractivity contribution in [2.24, 2.45) is 0 Å². The highest BCUT2D eigenvalue weighted by atomic mass is 16.5. The van der Waals surface area contributed by atoms with Crippen molar-refractivity contribution in [3.63, 3.8) is 0 Å². The lowest BCUT2D eigenvalue weighted by Crippen LogP contribution is -2.23. The minimum atomic E-state index is -0.0704. The Kier molecular flexibility index (Phi) is 5.69. The summed E-state index contributed by atoms with van der Waals surface area (Å²) in [6, 6.07) is 16.8. The molecule has 5 heteroatoms. The van der Waals surface area contributed by atoms with Crippen LogP contribution in [0, 0.1) is 6.92 Å². The summed E-state index contributed by atoms with van der Waals surface area (Å²) in [4.78, 5) is 16.5. The molecule has 0 atom stereocenters. The van der Waals surface area contributed by atoms with Crippen LogP contribution in [0.4, 0.5) is 0 Å². The lowest BCUT2D eigenvalue weighted by molar-refractivity contribution is 0.0953. The summed E-state index contributed by atoms with van der Waals surface area (Å²) in [7, 11) is 0. The Bertz CT molecular complexity index is 855. The summed E-state index contributed by atoms with van der Waals surface area (Å²) in [5.41, 5.74) is 2.21. The van der Waals surface area contributed by atoms with Crippen molar-refractivity contribution in [1.29, 1.82) is 0 Å². The molecule has 1 heterocycles. The molecule has 3 rings (SSSR count). The predicted octanol–water partition coefficient (Wildman–Crippen LogP) is 4.37. The maximum atomic E-state index is 12.0. The van der Waals surface area contributed by atoms with Gasteiger partial charge in [0.25, 0.3) is 5.91 Å². The molecule has 0 unspecified atom stereocenters. The largest absolute Gasteiger partial charge is 0.487 e. The van der Waals surface area contributed by atoms with Gasteiger partial charge >= 0.3 is 0 Å². The number of aromatic nitrogens is 1. The fourth-order valence-corrected chi connectivity index (χ4v) is 2.46. The van der Waals surface area contributed by atoms with Crippen LogP contribution in [-0.2, 0) is 6.61 Å². The van der Waals surface area contributed by atoms with Crippen molar-refractivity contribution in [2.45, 2.75) is 26.9 Å². The molecule has 134 valence electrons. The summed E-state index contributed by atoms with van der Waals surface area (Å²) >= 11 is 0. The topological polar surface area (TPSA) is 64.4 Å². The second-order valence-corrected chi connectivity index (χ2v) is 5.96. The maximum Gasteiger partial charge on any atom is 0.251 e. The quantitative estimate of drug-likeness (QED) is 0.687. The Hall–Kier alpha value is -3.08. The van der Waals surface area contributed by atoms with Crippen LogP contribution in [0.15, 0.2) is 59.0 Å². The van der Waals surface area contributed by atoms with E-state index in [4.69, 9.17) is 9.15 Å². The summed E-state index contributed by atoms with van der Waals surface area (Å²) in [6.07, 6.45) is 0.910. The van der Waals surface area contributed by atoms with Gasteiger partial charge in [-0.1, -0.05) is 25.1 Å². The number of carbonyl (C=O) groups is 1. The Balaban J connectivity index is 1.69. The molecule has 0 aliphatic rings. The fraction of sp³-hybridized carbons (Fsp3) is 0.238. The molecule has 1 aromatic heterocycles. The van der Waals surface area contributed by atoms with E-state index in [0.29, 0.717) is 24.6 Å². The number of hydrogen-bond acceptors (Lipinski definition) is 4. The van der Waals surface area contributed by atoms with Gasteiger partial charge in [0, 0.05) is 17.7 Å². The van der Waals surface area contributed by atoms with Crippen molar-refractivity contribution >= 4 is 5.91 Å². The third-order valence-corrected chi connectivity index (χ3v) is 3.94. The van der Waals surface area contributed by atoms with Crippen molar-refractivity contribution in [3.8, 4) is 17.2 Å². The normalized spacial score (nSPS) is 10.5. The first kappa shape index (κ1) is 17.7. The van der Waals surface area contributed by atoms with Crippen LogP contribution in [0.25, 0.3) is 11.5 Å². The van der Waals surface area contributed by atoms with E-state index in [1.54, 1.807) is 12.1 Å². The lowest BCUT2D eigenvalue weighted by Gasteiger charge is -2.04. The van der Waals surface area contributed by atoms with Crippen LogP contribution in [-0.4, -0.2) is 17.4 Å². The molecule has 1 N–H and O–H groups in total. The molecule has 0 saturated heterocycles. The van der Waals surface area contributed by atoms with Crippen molar-refractivity contribution < 1.29 is 13.9 Å². The van der Waals surface area contributed by atoms with E-state index in [1.165, 1.54) is 0 Å². The van der Waals surface area contributed by atoms with Gasteiger partial charge in [-0.3, -0.25) is 4.79 Å². The Morgan fingerprint density at radius 2 is 1.85 bits per heavy atom. The minimum Gasteiger partial charge on any atom is -0.487 e. The summed E-state index contributed by atoms with van der Waals surface area (Å²) in [6.45, 7) is 4.90. The van der Waals surface area contributed by atoms with Gasteiger partial charge < -0.3 is 14.5 Å². The highest BCUT2D eigenvalue weighted by Gasteiger charge is 2.13. The number of rotatable bonds is 7. The number of nitrogens with zero attached hydrogens (tertiary/aromatic N) is 1. The van der Waals surface area contributed by atoms with Crippen LogP contribution in [0.2, 0.25) is 0 Å². The number of ether oxygens (including phenoxy) is 1. The lowest BCUT2D eigenvalue weighted by atomic mass is 10.1. The zero-order chi connectivity index (χ0) is 18.4. The first-order chi connectivity index (χ1) is 12.7. The number of para-hydroxylation sites is 1. The molecule has 0 aliphatic carbocycles. The molecule has 0 spiro atoms. The molecule has 26 heavy (non-hydrogen) atoms. The smallest absolute Gasteiger partial charge is 0.251 e. The first-order valence-electron chi connectivity index (χ1n) is 8.70. The molecule has 2 aromatic carbocycles. The van der Waals surface area contributed by atoms with E-state index >= 15 is 0 Å². The van der Waals surface area contributed by atoms with Crippen LogP contribution in [0.3, 0.4) is 0 Å². The number of benzene rings is 2. The van der Waals surface area contributed by atoms with E-state index < -0.39 is 0 Å². The average molecular weight is 350 g/mol. The molecule has 1 amide bonds. The number of aryl methyl sites for hydroxylation is 1. The van der Waals surface area contributed by atoms with Crippen LogP contribution in [0.1, 0.15) is 35.2 Å². The molecular weight excluding hydrogens is 328 g/mol. The molecule has 0 aliphatic heterocycles. The monoisotopic (exact) mass is 350 g/mol. The van der Waals surface area contributed by atoms with Gasteiger partial charge in [-0.25, -0.2) is 4.98 Å². The van der Waals surface area contributed by atoms with Gasteiger partial charge in [0.2, 0.25) is 5.89 Å². The highest BCUT2D eigenvalue weighted by molar-refractivity contribution is 5.94. The number of hydrogen-bond donors (Lipinski definition) is 1. The van der Waals surface area contributed by atoms with Gasteiger partial charge in [0.05, 0.1) is 0 Å².